The number of nitrogens with zero attached hydrogens (tertiary/aromatic N) is 1. The Balaban J connectivity index is 2.12. The first-order valence-electron chi connectivity index (χ1n) is 6.69. The van der Waals surface area contributed by atoms with Crippen molar-refractivity contribution >= 4 is 5.78 Å². The van der Waals surface area contributed by atoms with Crippen molar-refractivity contribution in [2.75, 3.05) is 20.1 Å². The summed E-state index contributed by atoms with van der Waals surface area (Å²) in [6.07, 6.45) is 8.74. The SMILES string of the molecule is C/C=C/CCN(C)CCC1CCC(C(C)=O)N1. The molecule has 0 bridgehead atoms. The summed E-state index contributed by atoms with van der Waals surface area (Å²) in [5, 5.41) is 3.42. The number of carbonyl (C=O) groups excluding carboxylic acids is 1. The van der Waals surface area contributed by atoms with Gasteiger partial charge in [0.2, 0.25) is 0 Å². The topological polar surface area (TPSA) is 32.3 Å². The summed E-state index contributed by atoms with van der Waals surface area (Å²) < 4.78 is 0. The number of allylic oxidation sites excluding steroid dienone is 1. The first-order chi connectivity index (χ1) is 8.13. The van der Waals surface area contributed by atoms with E-state index in [1.54, 1.807) is 6.92 Å². The van der Waals surface area contributed by atoms with Crippen LogP contribution in [-0.4, -0.2) is 42.9 Å². The molecule has 0 radical (unpaired) electrons. The average Bonchev–Trinajstić information content (AvgIpc) is 2.75. The van der Waals surface area contributed by atoms with Gasteiger partial charge in [0.15, 0.2) is 0 Å². The summed E-state index contributed by atoms with van der Waals surface area (Å²) in [5.41, 5.74) is 0. The van der Waals surface area contributed by atoms with Gasteiger partial charge in [-0.3, -0.25) is 4.79 Å². The molecule has 17 heavy (non-hydrogen) atoms. The standard InChI is InChI=1S/C14H26N2O/c1-4-5-6-10-16(3)11-9-13-7-8-14(15-13)12(2)17/h4-5,13-15H,6-11H2,1-3H3/b5-4+. The summed E-state index contributed by atoms with van der Waals surface area (Å²) in [6, 6.07) is 0.654. The number of Topliss-reactive ketones (excluding diaryl/α,β-unsaturated/α-hetero) is 1. The number of ketones is 1. The predicted molar refractivity (Wildman–Crippen MR) is 72.2 cm³/mol. The molecule has 0 amide bonds. The molecule has 0 saturated carbocycles. The lowest BCUT2D eigenvalue weighted by Gasteiger charge is -2.19. The van der Waals surface area contributed by atoms with Crippen LogP contribution in [0.25, 0.3) is 0 Å². The fourth-order valence-corrected chi connectivity index (χ4v) is 2.32. The van der Waals surface area contributed by atoms with E-state index in [-0.39, 0.29) is 11.8 Å². The minimum absolute atomic E-state index is 0.119. The molecule has 0 spiro atoms. The van der Waals surface area contributed by atoms with Gasteiger partial charge in [0.1, 0.15) is 5.78 Å². The molecule has 1 N–H and O–H groups in total. The van der Waals surface area contributed by atoms with Crippen LogP contribution in [0.4, 0.5) is 0 Å². The predicted octanol–water partition coefficient (Wildman–Crippen LogP) is 1.98. The van der Waals surface area contributed by atoms with Gasteiger partial charge >= 0.3 is 0 Å². The highest BCUT2D eigenvalue weighted by Gasteiger charge is 2.26. The molecule has 2 atom stereocenters. The highest BCUT2D eigenvalue weighted by Crippen LogP contribution is 2.15. The summed E-state index contributed by atoms with van der Waals surface area (Å²) >= 11 is 0. The maximum absolute atomic E-state index is 11.2. The second kappa shape index (κ2) is 7.62. The molecule has 3 nitrogen and oxygen atoms in total. The van der Waals surface area contributed by atoms with Gasteiger partial charge in [0, 0.05) is 12.6 Å². The Labute approximate surface area is 105 Å². The van der Waals surface area contributed by atoms with Gasteiger partial charge in [-0.1, -0.05) is 12.2 Å². The molecule has 0 aromatic carbocycles. The van der Waals surface area contributed by atoms with Crippen molar-refractivity contribution in [2.24, 2.45) is 0 Å². The third-order valence-electron chi connectivity index (χ3n) is 3.50. The molecule has 1 fully saturated rings. The first kappa shape index (κ1) is 14.4. The van der Waals surface area contributed by atoms with E-state index in [1.165, 1.54) is 0 Å². The molecule has 3 heteroatoms. The smallest absolute Gasteiger partial charge is 0.146 e. The van der Waals surface area contributed by atoms with E-state index in [0.717, 1.165) is 38.8 Å². The maximum atomic E-state index is 11.2. The highest BCUT2D eigenvalue weighted by atomic mass is 16.1. The zero-order valence-electron chi connectivity index (χ0n) is 11.4. The minimum atomic E-state index is 0.119. The Morgan fingerprint density at radius 3 is 2.76 bits per heavy atom. The van der Waals surface area contributed by atoms with Crippen LogP contribution >= 0.6 is 0 Å². The summed E-state index contributed by atoms with van der Waals surface area (Å²) in [7, 11) is 2.17. The van der Waals surface area contributed by atoms with Crippen LogP contribution in [0.5, 0.6) is 0 Å². The van der Waals surface area contributed by atoms with E-state index >= 15 is 0 Å². The van der Waals surface area contributed by atoms with Crippen molar-refractivity contribution in [2.45, 2.75) is 51.6 Å². The zero-order valence-corrected chi connectivity index (χ0v) is 11.4. The van der Waals surface area contributed by atoms with Crippen molar-refractivity contribution in [1.29, 1.82) is 0 Å². The van der Waals surface area contributed by atoms with Crippen molar-refractivity contribution in [3.8, 4) is 0 Å². The van der Waals surface area contributed by atoms with Crippen molar-refractivity contribution in [1.82, 2.24) is 10.2 Å². The average molecular weight is 238 g/mol. The van der Waals surface area contributed by atoms with Crippen LogP contribution in [0.2, 0.25) is 0 Å². The van der Waals surface area contributed by atoms with Gasteiger partial charge in [0.25, 0.3) is 0 Å². The maximum Gasteiger partial charge on any atom is 0.146 e. The van der Waals surface area contributed by atoms with Gasteiger partial charge in [-0.05, 0) is 53.1 Å². The Bertz CT molecular complexity index is 263. The van der Waals surface area contributed by atoms with E-state index in [4.69, 9.17) is 0 Å². The normalized spacial score (nSPS) is 24.9. The molecular weight excluding hydrogens is 212 g/mol. The fourth-order valence-electron chi connectivity index (χ4n) is 2.32. The van der Waals surface area contributed by atoms with Crippen LogP contribution < -0.4 is 5.32 Å². The number of rotatable bonds is 7. The van der Waals surface area contributed by atoms with Gasteiger partial charge in [-0.2, -0.15) is 0 Å². The Hall–Kier alpha value is -0.670. The number of hydrogen-bond acceptors (Lipinski definition) is 3. The largest absolute Gasteiger partial charge is 0.306 e. The molecular formula is C14H26N2O. The fraction of sp³-hybridized carbons (Fsp3) is 0.786. The molecule has 1 heterocycles. The molecule has 1 saturated heterocycles. The molecule has 98 valence electrons. The number of nitrogens with one attached hydrogen (secondary N) is 1. The molecule has 2 unspecified atom stereocenters. The Kier molecular flexibility index (Phi) is 6.45. The first-order valence-corrected chi connectivity index (χ1v) is 6.69. The lowest BCUT2D eigenvalue weighted by Crippen LogP contribution is -2.36. The molecule has 0 aliphatic carbocycles. The highest BCUT2D eigenvalue weighted by molar-refractivity contribution is 5.81. The summed E-state index contributed by atoms with van der Waals surface area (Å²) in [5.74, 6) is 0.286. The zero-order chi connectivity index (χ0) is 12.7. The molecule has 0 aromatic heterocycles. The summed E-state index contributed by atoms with van der Waals surface area (Å²) in [6.45, 7) is 5.97. The number of carbonyl (C=O) groups is 1. The second-order valence-electron chi connectivity index (χ2n) is 5.05. The lowest BCUT2D eigenvalue weighted by atomic mass is 10.1. The van der Waals surface area contributed by atoms with Crippen LogP contribution in [0, 0.1) is 0 Å². The van der Waals surface area contributed by atoms with E-state index in [0.29, 0.717) is 6.04 Å². The quantitative estimate of drug-likeness (QED) is 0.688. The second-order valence-corrected chi connectivity index (χ2v) is 5.05. The van der Waals surface area contributed by atoms with Gasteiger partial charge in [-0.25, -0.2) is 0 Å². The van der Waals surface area contributed by atoms with E-state index < -0.39 is 0 Å². The molecule has 1 aliphatic rings. The van der Waals surface area contributed by atoms with E-state index in [9.17, 15) is 4.79 Å². The van der Waals surface area contributed by atoms with E-state index in [2.05, 4.69) is 36.3 Å². The van der Waals surface area contributed by atoms with Crippen LogP contribution in [0.1, 0.15) is 39.5 Å². The molecule has 0 aromatic rings. The lowest BCUT2D eigenvalue weighted by molar-refractivity contribution is -0.118. The van der Waals surface area contributed by atoms with E-state index in [1.807, 2.05) is 0 Å². The number of hydrogen-bond donors (Lipinski definition) is 1. The van der Waals surface area contributed by atoms with Crippen molar-refractivity contribution < 1.29 is 4.79 Å². The van der Waals surface area contributed by atoms with Crippen molar-refractivity contribution in [3.63, 3.8) is 0 Å². The third-order valence-corrected chi connectivity index (χ3v) is 3.50. The Morgan fingerprint density at radius 2 is 2.18 bits per heavy atom. The monoisotopic (exact) mass is 238 g/mol. The van der Waals surface area contributed by atoms with Gasteiger partial charge in [-0.15, -0.1) is 0 Å². The summed E-state index contributed by atoms with van der Waals surface area (Å²) in [4.78, 5) is 13.6. The van der Waals surface area contributed by atoms with Crippen LogP contribution in [-0.2, 0) is 4.79 Å². The third kappa shape index (κ3) is 5.46. The van der Waals surface area contributed by atoms with Crippen LogP contribution in [0.3, 0.4) is 0 Å². The minimum Gasteiger partial charge on any atom is -0.306 e. The van der Waals surface area contributed by atoms with Crippen molar-refractivity contribution in [3.05, 3.63) is 12.2 Å². The molecule has 1 rings (SSSR count). The van der Waals surface area contributed by atoms with Crippen LogP contribution in [0.15, 0.2) is 12.2 Å². The molecule has 1 aliphatic heterocycles. The van der Waals surface area contributed by atoms with Gasteiger partial charge in [0.05, 0.1) is 6.04 Å². The van der Waals surface area contributed by atoms with Gasteiger partial charge < -0.3 is 10.2 Å². The Morgan fingerprint density at radius 1 is 1.41 bits per heavy atom.